The summed E-state index contributed by atoms with van der Waals surface area (Å²) in [6, 6.07) is 3.68. The monoisotopic (exact) mass is 194 g/mol. The number of ether oxygens (including phenoxy) is 2. The van der Waals surface area contributed by atoms with Gasteiger partial charge in [0, 0.05) is 12.1 Å². The highest BCUT2D eigenvalue weighted by atomic mass is 16.5. The van der Waals surface area contributed by atoms with Gasteiger partial charge in [0.15, 0.2) is 0 Å². The Morgan fingerprint density at radius 1 is 1.57 bits per heavy atom. The molecule has 1 fully saturated rings. The van der Waals surface area contributed by atoms with Crippen LogP contribution in [0.15, 0.2) is 12.1 Å². The zero-order chi connectivity index (χ0) is 9.97. The van der Waals surface area contributed by atoms with Crippen LogP contribution in [0.25, 0.3) is 0 Å². The molecular formula is C10H14N2O2. The van der Waals surface area contributed by atoms with Crippen molar-refractivity contribution in [2.45, 2.75) is 19.4 Å². The Morgan fingerprint density at radius 3 is 3.14 bits per heavy atom. The van der Waals surface area contributed by atoms with E-state index in [1.165, 1.54) is 0 Å². The Morgan fingerprint density at radius 2 is 2.43 bits per heavy atom. The van der Waals surface area contributed by atoms with Gasteiger partial charge in [-0.2, -0.15) is 0 Å². The predicted molar refractivity (Wildman–Crippen MR) is 53.2 cm³/mol. The minimum Gasteiger partial charge on any atom is -0.470 e. The van der Waals surface area contributed by atoms with Gasteiger partial charge in [-0.25, -0.2) is 4.98 Å². The van der Waals surface area contributed by atoms with E-state index in [1.807, 2.05) is 19.1 Å². The second kappa shape index (κ2) is 3.84. The third kappa shape index (κ3) is 1.96. The SMILES string of the molecule is Cc1ccc(N)c(OC2CCOC2)n1. The van der Waals surface area contributed by atoms with Gasteiger partial charge in [-0.1, -0.05) is 0 Å². The standard InChI is InChI=1S/C10H14N2O2/c1-7-2-3-9(11)10(12-7)14-8-4-5-13-6-8/h2-3,8H,4-6,11H2,1H3. The molecule has 1 saturated heterocycles. The number of pyridine rings is 1. The van der Waals surface area contributed by atoms with Gasteiger partial charge < -0.3 is 15.2 Å². The molecule has 0 amide bonds. The Hall–Kier alpha value is -1.29. The number of aromatic nitrogens is 1. The maximum Gasteiger partial charge on any atom is 0.237 e. The molecule has 14 heavy (non-hydrogen) atoms. The number of nitrogens with two attached hydrogens (primary N) is 1. The second-order valence-electron chi connectivity index (χ2n) is 3.45. The van der Waals surface area contributed by atoms with Crippen LogP contribution in [-0.2, 0) is 4.74 Å². The molecule has 1 unspecified atom stereocenters. The highest BCUT2D eigenvalue weighted by Gasteiger charge is 2.18. The van der Waals surface area contributed by atoms with Gasteiger partial charge in [-0.3, -0.25) is 0 Å². The summed E-state index contributed by atoms with van der Waals surface area (Å²) >= 11 is 0. The molecule has 4 heteroatoms. The first-order valence-electron chi connectivity index (χ1n) is 4.73. The number of aryl methyl sites for hydroxylation is 1. The van der Waals surface area contributed by atoms with Gasteiger partial charge in [-0.05, 0) is 19.1 Å². The van der Waals surface area contributed by atoms with Crippen molar-refractivity contribution in [2.24, 2.45) is 0 Å². The molecule has 1 aliphatic heterocycles. The molecular weight excluding hydrogens is 180 g/mol. The fraction of sp³-hybridized carbons (Fsp3) is 0.500. The van der Waals surface area contributed by atoms with Crippen LogP contribution in [0.2, 0.25) is 0 Å². The molecule has 2 N–H and O–H groups in total. The summed E-state index contributed by atoms with van der Waals surface area (Å²) in [5.41, 5.74) is 7.24. The summed E-state index contributed by atoms with van der Waals surface area (Å²) in [7, 11) is 0. The largest absolute Gasteiger partial charge is 0.470 e. The molecule has 0 bridgehead atoms. The molecule has 0 saturated carbocycles. The van der Waals surface area contributed by atoms with Gasteiger partial charge in [0.2, 0.25) is 5.88 Å². The minimum atomic E-state index is 0.103. The first kappa shape index (κ1) is 9.27. The van der Waals surface area contributed by atoms with Gasteiger partial charge >= 0.3 is 0 Å². The maximum atomic E-state index is 5.74. The van der Waals surface area contributed by atoms with Crippen LogP contribution in [0.3, 0.4) is 0 Å². The van der Waals surface area contributed by atoms with Crippen molar-refractivity contribution in [2.75, 3.05) is 18.9 Å². The highest BCUT2D eigenvalue weighted by molar-refractivity contribution is 5.48. The number of hydrogen-bond acceptors (Lipinski definition) is 4. The van der Waals surface area contributed by atoms with E-state index in [0.717, 1.165) is 18.7 Å². The third-order valence-corrected chi connectivity index (χ3v) is 2.20. The van der Waals surface area contributed by atoms with E-state index in [0.29, 0.717) is 18.2 Å². The lowest BCUT2D eigenvalue weighted by molar-refractivity contribution is 0.138. The van der Waals surface area contributed by atoms with Crippen LogP contribution in [0.1, 0.15) is 12.1 Å². The summed E-state index contributed by atoms with van der Waals surface area (Å²) < 4.78 is 10.8. The average Bonchev–Trinajstić information content (AvgIpc) is 2.64. The van der Waals surface area contributed by atoms with Crippen molar-refractivity contribution >= 4 is 5.69 Å². The van der Waals surface area contributed by atoms with E-state index < -0.39 is 0 Å². The fourth-order valence-corrected chi connectivity index (χ4v) is 1.40. The zero-order valence-electron chi connectivity index (χ0n) is 8.19. The van der Waals surface area contributed by atoms with E-state index >= 15 is 0 Å². The van der Waals surface area contributed by atoms with Crippen molar-refractivity contribution in [1.82, 2.24) is 4.98 Å². The van der Waals surface area contributed by atoms with Crippen LogP contribution < -0.4 is 10.5 Å². The second-order valence-corrected chi connectivity index (χ2v) is 3.45. The van der Waals surface area contributed by atoms with E-state index in [9.17, 15) is 0 Å². The summed E-state index contributed by atoms with van der Waals surface area (Å²) in [6.07, 6.45) is 1.02. The Labute approximate surface area is 83.0 Å². The number of hydrogen-bond donors (Lipinski definition) is 1. The first-order valence-corrected chi connectivity index (χ1v) is 4.73. The molecule has 0 aromatic carbocycles. The molecule has 0 radical (unpaired) electrons. The molecule has 4 nitrogen and oxygen atoms in total. The molecule has 1 aromatic heterocycles. The number of rotatable bonds is 2. The number of nitrogens with zero attached hydrogens (tertiary/aromatic N) is 1. The Bertz CT molecular complexity index is 322. The topological polar surface area (TPSA) is 57.4 Å². The van der Waals surface area contributed by atoms with Crippen LogP contribution in [0, 0.1) is 6.92 Å². The van der Waals surface area contributed by atoms with Crippen molar-refractivity contribution in [3.8, 4) is 5.88 Å². The summed E-state index contributed by atoms with van der Waals surface area (Å²) in [5.74, 6) is 0.528. The quantitative estimate of drug-likeness (QED) is 0.767. The smallest absolute Gasteiger partial charge is 0.237 e. The van der Waals surface area contributed by atoms with E-state index in [2.05, 4.69) is 4.98 Å². The van der Waals surface area contributed by atoms with Gasteiger partial charge in [0.1, 0.15) is 6.10 Å². The van der Waals surface area contributed by atoms with Crippen LogP contribution >= 0.6 is 0 Å². The lowest BCUT2D eigenvalue weighted by Gasteiger charge is -2.12. The number of nitrogen functional groups attached to an aromatic ring is 1. The molecule has 76 valence electrons. The van der Waals surface area contributed by atoms with Crippen LogP contribution in [0.4, 0.5) is 5.69 Å². The molecule has 0 aliphatic carbocycles. The van der Waals surface area contributed by atoms with Crippen molar-refractivity contribution in [3.63, 3.8) is 0 Å². The first-order chi connectivity index (χ1) is 6.75. The van der Waals surface area contributed by atoms with Gasteiger partial charge in [-0.15, -0.1) is 0 Å². The third-order valence-electron chi connectivity index (χ3n) is 2.20. The van der Waals surface area contributed by atoms with Crippen molar-refractivity contribution in [1.29, 1.82) is 0 Å². The van der Waals surface area contributed by atoms with Gasteiger partial charge in [0.05, 0.1) is 18.9 Å². The highest BCUT2D eigenvalue weighted by Crippen LogP contribution is 2.21. The Kier molecular flexibility index (Phi) is 2.54. The molecule has 2 rings (SSSR count). The molecule has 1 aromatic rings. The fourth-order valence-electron chi connectivity index (χ4n) is 1.40. The van der Waals surface area contributed by atoms with Crippen molar-refractivity contribution < 1.29 is 9.47 Å². The molecule has 1 aliphatic rings. The summed E-state index contributed by atoms with van der Waals surface area (Å²) in [5, 5.41) is 0. The molecule has 1 atom stereocenters. The van der Waals surface area contributed by atoms with Crippen LogP contribution in [-0.4, -0.2) is 24.3 Å². The Balaban J connectivity index is 2.10. The van der Waals surface area contributed by atoms with E-state index in [-0.39, 0.29) is 6.10 Å². The van der Waals surface area contributed by atoms with Crippen LogP contribution in [0.5, 0.6) is 5.88 Å². The number of anilines is 1. The van der Waals surface area contributed by atoms with Crippen molar-refractivity contribution in [3.05, 3.63) is 17.8 Å². The van der Waals surface area contributed by atoms with Gasteiger partial charge in [0.25, 0.3) is 0 Å². The molecule has 0 spiro atoms. The maximum absolute atomic E-state index is 5.74. The average molecular weight is 194 g/mol. The van der Waals surface area contributed by atoms with E-state index in [4.69, 9.17) is 15.2 Å². The zero-order valence-corrected chi connectivity index (χ0v) is 8.19. The predicted octanol–water partition coefficient (Wildman–Crippen LogP) is 1.14. The normalized spacial score (nSPS) is 21.1. The van der Waals surface area contributed by atoms with E-state index in [1.54, 1.807) is 0 Å². The lowest BCUT2D eigenvalue weighted by atomic mass is 10.3. The molecule has 2 heterocycles. The summed E-state index contributed by atoms with van der Waals surface area (Å²) in [4.78, 5) is 4.23. The lowest BCUT2D eigenvalue weighted by Crippen LogP contribution is -2.17. The minimum absolute atomic E-state index is 0.103. The summed E-state index contributed by atoms with van der Waals surface area (Å²) in [6.45, 7) is 3.31.